The summed E-state index contributed by atoms with van der Waals surface area (Å²) in [5.74, 6) is 0. The highest BCUT2D eigenvalue weighted by molar-refractivity contribution is 9.09. The molecule has 16 heavy (non-hydrogen) atoms. The molecule has 0 aliphatic heterocycles. The van der Waals surface area contributed by atoms with Crippen molar-refractivity contribution in [3.63, 3.8) is 0 Å². The summed E-state index contributed by atoms with van der Waals surface area (Å²) in [6.07, 6.45) is 5.69. The van der Waals surface area contributed by atoms with Gasteiger partial charge in [0.25, 0.3) is 0 Å². The Morgan fingerprint density at radius 1 is 1.31 bits per heavy atom. The Kier molecular flexibility index (Phi) is 5.26. The summed E-state index contributed by atoms with van der Waals surface area (Å²) in [5.41, 5.74) is -0.351. The molecular formula is C11H22BrNO2S. The predicted molar refractivity (Wildman–Crippen MR) is 71.4 cm³/mol. The smallest absolute Gasteiger partial charge is 0.212 e. The number of hydrogen-bond acceptors (Lipinski definition) is 2. The molecule has 0 amide bonds. The zero-order valence-electron chi connectivity index (χ0n) is 10.1. The van der Waals surface area contributed by atoms with Gasteiger partial charge in [0.15, 0.2) is 0 Å². The van der Waals surface area contributed by atoms with E-state index in [2.05, 4.69) is 20.7 Å². The molecule has 1 fully saturated rings. The van der Waals surface area contributed by atoms with Crippen LogP contribution < -0.4 is 4.72 Å². The van der Waals surface area contributed by atoms with Gasteiger partial charge in [-0.15, -0.1) is 0 Å². The quantitative estimate of drug-likeness (QED) is 0.794. The predicted octanol–water partition coefficient (Wildman–Crippen LogP) is 2.80. The number of halogens is 1. The molecule has 0 aromatic heterocycles. The SMILES string of the molecule is CCC(C)(CBr)NS(=O)(=O)C1CCCCC1. The maximum Gasteiger partial charge on any atom is 0.215 e. The summed E-state index contributed by atoms with van der Waals surface area (Å²) in [6.45, 7) is 3.95. The molecule has 0 radical (unpaired) electrons. The van der Waals surface area contributed by atoms with Crippen LogP contribution >= 0.6 is 15.9 Å². The van der Waals surface area contributed by atoms with Gasteiger partial charge in [0.2, 0.25) is 10.0 Å². The third-order valence-corrected chi connectivity index (χ3v) is 6.82. The van der Waals surface area contributed by atoms with Crippen LogP contribution in [0.4, 0.5) is 0 Å². The van der Waals surface area contributed by atoms with Crippen LogP contribution in [0.3, 0.4) is 0 Å². The van der Waals surface area contributed by atoms with Gasteiger partial charge in [0, 0.05) is 10.9 Å². The largest absolute Gasteiger partial charge is 0.215 e. The molecule has 0 bridgehead atoms. The summed E-state index contributed by atoms with van der Waals surface area (Å²) < 4.78 is 27.2. The molecular weight excluding hydrogens is 290 g/mol. The first kappa shape index (κ1) is 14.5. The second-order valence-corrected chi connectivity index (χ2v) is 7.48. The van der Waals surface area contributed by atoms with Crippen LogP contribution in [0.2, 0.25) is 0 Å². The van der Waals surface area contributed by atoms with E-state index < -0.39 is 10.0 Å². The maximum atomic E-state index is 12.2. The average Bonchev–Trinajstić information content (AvgIpc) is 2.29. The first-order valence-electron chi connectivity index (χ1n) is 6.02. The van der Waals surface area contributed by atoms with E-state index in [4.69, 9.17) is 0 Å². The molecule has 1 saturated carbocycles. The van der Waals surface area contributed by atoms with Crippen LogP contribution in [-0.2, 0) is 10.0 Å². The van der Waals surface area contributed by atoms with E-state index in [1.54, 1.807) is 0 Å². The standard InChI is InChI=1S/C11H22BrNO2S/c1-3-11(2,9-12)13-16(14,15)10-7-5-4-6-8-10/h10,13H,3-9H2,1-2H3. The average molecular weight is 312 g/mol. The van der Waals surface area contributed by atoms with Gasteiger partial charge in [-0.05, 0) is 26.2 Å². The van der Waals surface area contributed by atoms with Gasteiger partial charge in [-0.1, -0.05) is 42.1 Å². The Balaban J connectivity index is 2.70. The van der Waals surface area contributed by atoms with E-state index in [0.717, 1.165) is 32.1 Å². The summed E-state index contributed by atoms with van der Waals surface area (Å²) in [5, 5.41) is 0.480. The van der Waals surface area contributed by atoms with Gasteiger partial charge in [-0.2, -0.15) is 0 Å². The molecule has 1 aliphatic rings. The van der Waals surface area contributed by atoms with Crippen molar-refractivity contribution in [2.75, 3.05) is 5.33 Å². The molecule has 0 saturated heterocycles. The molecule has 0 aromatic carbocycles. The topological polar surface area (TPSA) is 46.2 Å². The lowest BCUT2D eigenvalue weighted by molar-refractivity contribution is 0.427. The lowest BCUT2D eigenvalue weighted by Gasteiger charge is -2.31. The lowest BCUT2D eigenvalue weighted by atomic mass is 10.0. The molecule has 1 atom stereocenters. The maximum absolute atomic E-state index is 12.2. The van der Waals surface area contributed by atoms with Crippen LogP contribution in [0.5, 0.6) is 0 Å². The fourth-order valence-electron chi connectivity index (χ4n) is 2.00. The molecule has 1 unspecified atom stereocenters. The van der Waals surface area contributed by atoms with Crippen molar-refractivity contribution < 1.29 is 8.42 Å². The molecule has 5 heteroatoms. The highest BCUT2D eigenvalue weighted by atomic mass is 79.9. The van der Waals surface area contributed by atoms with Crippen molar-refractivity contribution in [1.82, 2.24) is 4.72 Å². The molecule has 1 aliphatic carbocycles. The first-order valence-corrected chi connectivity index (χ1v) is 8.69. The molecule has 3 nitrogen and oxygen atoms in total. The molecule has 0 spiro atoms. The van der Waals surface area contributed by atoms with E-state index in [-0.39, 0.29) is 10.8 Å². The third-order valence-electron chi connectivity index (χ3n) is 3.45. The van der Waals surface area contributed by atoms with Crippen molar-refractivity contribution in [1.29, 1.82) is 0 Å². The Morgan fingerprint density at radius 3 is 2.31 bits per heavy atom. The highest BCUT2D eigenvalue weighted by Gasteiger charge is 2.33. The van der Waals surface area contributed by atoms with Crippen LogP contribution in [-0.4, -0.2) is 24.5 Å². The highest BCUT2D eigenvalue weighted by Crippen LogP contribution is 2.25. The Labute approximate surface area is 108 Å². The van der Waals surface area contributed by atoms with Crippen molar-refractivity contribution in [2.24, 2.45) is 0 Å². The Bertz CT molecular complexity index is 306. The first-order chi connectivity index (χ1) is 7.43. The summed E-state index contributed by atoms with van der Waals surface area (Å²) in [7, 11) is -3.15. The van der Waals surface area contributed by atoms with Crippen LogP contribution in [0, 0.1) is 0 Å². The van der Waals surface area contributed by atoms with Crippen molar-refractivity contribution in [3.05, 3.63) is 0 Å². The van der Waals surface area contributed by atoms with E-state index in [1.165, 1.54) is 6.42 Å². The molecule has 0 aromatic rings. The van der Waals surface area contributed by atoms with Gasteiger partial charge in [0.1, 0.15) is 0 Å². The Hall–Kier alpha value is 0.390. The summed E-state index contributed by atoms with van der Waals surface area (Å²) in [4.78, 5) is 0. The minimum Gasteiger partial charge on any atom is -0.212 e. The van der Waals surface area contributed by atoms with E-state index in [9.17, 15) is 8.42 Å². The van der Waals surface area contributed by atoms with Gasteiger partial charge < -0.3 is 0 Å². The number of nitrogens with one attached hydrogen (secondary N) is 1. The fourth-order valence-corrected chi connectivity index (χ4v) is 4.74. The third kappa shape index (κ3) is 3.70. The summed E-state index contributed by atoms with van der Waals surface area (Å²) in [6, 6.07) is 0. The fraction of sp³-hybridized carbons (Fsp3) is 1.00. The van der Waals surface area contributed by atoms with Gasteiger partial charge in [-0.25, -0.2) is 13.1 Å². The molecule has 1 N–H and O–H groups in total. The van der Waals surface area contributed by atoms with E-state index in [0.29, 0.717) is 5.33 Å². The number of rotatable bonds is 5. The van der Waals surface area contributed by atoms with E-state index in [1.807, 2.05) is 13.8 Å². The minimum absolute atomic E-state index is 0.175. The zero-order chi connectivity index (χ0) is 12.2. The van der Waals surface area contributed by atoms with E-state index >= 15 is 0 Å². The van der Waals surface area contributed by atoms with Crippen molar-refractivity contribution in [3.8, 4) is 0 Å². The Morgan fingerprint density at radius 2 is 1.88 bits per heavy atom. The molecule has 0 heterocycles. The summed E-state index contributed by atoms with van der Waals surface area (Å²) >= 11 is 3.38. The molecule has 96 valence electrons. The van der Waals surface area contributed by atoms with Crippen LogP contribution in [0.1, 0.15) is 52.4 Å². The second kappa shape index (κ2) is 5.83. The van der Waals surface area contributed by atoms with Crippen LogP contribution in [0.15, 0.2) is 0 Å². The normalized spacial score (nSPS) is 22.9. The van der Waals surface area contributed by atoms with Crippen LogP contribution in [0.25, 0.3) is 0 Å². The number of sulfonamides is 1. The second-order valence-electron chi connectivity index (χ2n) is 4.95. The number of alkyl halides is 1. The lowest BCUT2D eigenvalue weighted by Crippen LogP contribution is -2.50. The van der Waals surface area contributed by atoms with Crippen molar-refractivity contribution >= 4 is 26.0 Å². The van der Waals surface area contributed by atoms with Gasteiger partial charge in [-0.3, -0.25) is 0 Å². The zero-order valence-corrected chi connectivity index (χ0v) is 12.5. The molecule has 1 rings (SSSR count). The van der Waals surface area contributed by atoms with Gasteiger partial charge >= 0.3 is 0 Å². The van der Waals surface area contributed by atoms with Gasteiger partial charge in [0.05, 0.1) is 5.25 Å². The monoisotopic (exact) mass is 311 g/mol. The number of hydrogen-bond donors (Lipinski definition) is 1. The van der Waals surface area contributed by atoms with Crippen molar-refractivity contribution in [2.45, 2.75) is 63.2 Å². The minimum atomic E-state index is -3.15.